The Morgan fingerprint density at radius 1 is 1.04 bits per heavy atom. The molecule has 0 saturated heterocycles. The minimum Gasteiger partial charge on any atom is -0.465 e. The van der Waals surface area contributed by atoms with Crippen molar-refractivity contribution < 1.29 is 23.7 Å². The van der Waals surface area contributed by atoms with Crippen molar-refractivity contribution in [3.63, 3.8) is 0 Å². The third-order valence-electron chi connectivity index (χ3n) is 3.15. The van der Waals surface area contributed by atoms with Gasteiger partial charge < -0.3 is 23.7 Å². The molecule has 1 unspecified atom stereocenters. The standard InChI is InChI=1S/C18H28O5/c1-4-20-11-12-21-13-14-22-16(3)23-18-9-7-17(8-10-18)6-5-15(2)19/h7-10,16H,4-6,11-14H2,1-3H3. The summed E-state index contributed by atoms with van der Waals surface area (Å²) >= 11 is 0. The maximum Gasteiger partial charge on any atom is 0.197 e. The molecule has 0 saturated carbocycles. The Balaban J connectivity index is 2.16. The number of hydrogen-bond donors (Lipinski definition) is 0. The van der Waals surface area contributed by atoms with Crippen LogP contribution in [0.25, 0.3) is 0 Å². The van der Waals surface area contributed by atoms with Crippen LogP contribution in [0.15, 0.2) is 24.3 Å². The molecule has 0 aliphatic rings. The zero-order valence-electron chi connectivity index (χ0n) is 14.4. The van der Waals surface area contributed by atoms with E-state index >= 15 is 0 Å². The third kappa shape index (κ3) is 10.0. The highest BCUT2D eigenvalue weighted by Crippen LogP contribution is 2.15. The van der Waals surface area contributed by atoms with Crippen molar-refractivity contribution in [2.75, 3.05) is 33.0 Å². The molecule has 0 bridgehead atoms. The first-order chi connectivity index (χ1) is 11.1. The Labute approximate surface area is 138 Å². The van der Waals surface area contributed by atoms with Gasteiger partial charge in [0.05, 0.1) is 26.4 Å². The van der Waals surface area contributed by atoms with Crippen LogP contribution in [0.2, 0.25) is 0 Å². The summed E-state index contributed by atoms with van der Waals surface area (Å²) < 4.78 is 21.7. The lowest BCUT2D eigenvalue weighted by Gasteiger charge is -2.15. The second kappa shape index (κ2) is 12.0. The molecule has 0 spiro atoms. The first-order valence-corrected chi connectivity index (χ1v) is 8.14. The lowest BCUT2D eigenvalue weighted by atomic mass is 10.1. The molecule has 0 N–H and O–H groups in total. The number of ether oxygens (including phenoxy) is 4. The van der Waals surface area contributed by atoms with Crippen LogP contribution < -0.4 is 4.74 Å². The van der Waals surface area contributed by atoms with Crippen molar-refractivity contribution in [1.82, 2.24) is 0 Å². The monoisotopic (exact) mass is 324 g/mol. The fraction of sp³-hybridized carbons (Fsp3) is 0.611. The molecule has 1 aromatic rings. The summed E-state index contributed by atoms with van der Waals surface area (Å²) in [6.07, 6.45) is 0.998. The van der Waals surface area contributed by atoms with E-state index in [-0.39, 0.29) is 12.1 Å². The minimum absolute atomic E-state index is 0.204. The summed E-state index contributed by atoms with van der Waals surface area (Å²) in [7, 11) is 0. The molecule has 0 aliphatic carbocycles. The highest BCUT2D eigenvalue weighted by Gasteiger charge is 2.04. The van der Waals surface area contributed by atoms with Gasteiger partial charge in [0.1, 0.15) is 11.5 Å². The molecule has 130 valence electrons. The summed E-state index contributed by atoms with van der Waals surface area (Å²) in [4.78, 5) is 11.0. The van der Waals surface area contributed by atoms with Gasteiger partial charge in [-0.05, 0) is 44.9 Å². The molecule has 5 heteroatoms. The second-order valence-electron chi connectivity index (χ2n) is 5.21. The van der Waals surface area contributed by atoms with Gasteiger partial charge in [0.15, 0.2) is 6.29 Å². The summed E-state index contributed by atoms with van der Waals surface area (Å²) in [5, 5.41) is 0. The molecule has 0 heterocycles. The molecule has 1 atom stereocenters. The number of rotatable bonds is 13. The number of carbonyl (C=O) groups is 1. The van der Waals surface area contributed by atoms with Crippen LogP contribution in [-0.4, -0.2) is 45.1 Å². The van der Waals surface area contributed by atoms with Gasteiger partial charge in [-0.2, -0.15) is 0 Å². The Bertz CT molecular complexity index is 430. The van der Waals surface area contributed by atoms with Crippen molar-refractivity contribution in [3.8, 4) is 5.75 Å². The molecule has 0 radical (unpaired) electrons. The van der Waals surface area contributed by atoms with Gasteiger partial charge in [-0.25, -0.2) is 0 Å². The number of aryl methyl sites for hydroxylation is 1. The van der Waals surface area contributed by atoms with E-state index in [1.807, 2.05) is 38.1 Å². The lowest BCUT2D eigenvalue weighted by molar-refractivity contribution is -0.116. The molecule has 0 aliphatic heterocycles. The SMILES string of the molecule is CCOCCOCCOC(C)Oc1ccc(CCC(C)=O)cc1. The molecule has 5 nitrogen and oxygen atoms in total. The van der Waals surface area contributed by atoms with Crippen LogP contribution in [0.5, 0.6) is 5.75 Å². The fourth-order valence-electron chi connectivity index (χ4n) is 1.92. The topological polar surface area (TPSA) is 54.0 Å². The number of benzene rings is 1. The van der Waals surface area contributed by atoms with Crippen molar-refractivity contribution in [1.29, 1.82) is 0 Å². The summed E-state index contributed by atoms with van der Waals surface area (Å²) in [5.74, 6) is 0.956. The van der Waals surface area contributed by atoms with E-state index in [2.05, 4.69) is 0 Å². The summed E-state index contributed by atoms with van der Waals surface area (Å²) in [6, 6.07) is 7.74. The van der Waals surface area contributed by atoms with Gasteiger partial charge in [0.2, 0.25) is 0 Å². The van der Waals surface area contributed by atoms with E-state index in [1.54, 1.807) is 6.92 Å². The van der Waals surface area contributed by atoms with Gasteiger partial charge >= 0.3 is 0 Å². The van der Waals surface area contributed by atoms with E-state index in [0.717, 1.165) is 17.7 Å². The van der Waals surface area contributed by atoms with Gasteiger partial charge in [-0.1, -0.05) is 12.1 Å². The summed E-state index contributed by atoms with van der Waals surface area (Å²) in [6.45, 7) is 8.30. The van der Waals surface area contributed by atoms with E-state index in [0.29, 0.717) is 39.5 Å². The Kier molecular flexibility index (Phi) is 10.3. The predicted octanol–water partition coefficient (Wildman–Crippen LogP) is 3.00. The predicted molar refractivity (Wildman–Crippen MR) is 88.8 cm³/mol. The first kappa shape index (κ1) is 19.6. The van der Waals surface area contributed by atoms with Crippen LogP contribution in [-0.2, 0) is 25.4 Å². The Morgan fingerprint density at radius 3 is 2.35 bits per heavy atom. The van der Waals surface area contributed by atoms with Crippen molar-refractivity contribution in [2.45, 2.75) is 39.9 Å². The minimum atomic E-state index is -0.339. The highest BCUT2D eigenvalue weighted by molar-refractivity contribution is 5.75. The van der Waals surface area contributed by atoms with E-state index < -0.39 is 0 Å². The maximum atomic E-state index is 11.0. The van der Waals surface area contributed by atoms with Crippen LogP contribution in [0.4, 0.5) is 0 Å². The molecular weight excluding hydrogens is 296 g/mol. The molecule has 0 amide bonds. The van der Waals surface area contributed by atoms with Crippen LogP contribution in [0, 0.1) is 0 Å². The largest absolute Gasteiger partial charge is 0.465 e. The second-order valence-corrected chi connectivity index (χ2v) is 5.21. The van der Waals surface area contributed by atoms with Gasteiger partial charge in [-0.3, -0.25) is 0 Å². The lowest BCUT2D eigenvalue weighted by Crippen LogP contribution is -2.19. The molecule has 1 rings (SSSR count). The average Bonchev–Trinajstić information content (AvgIpc) is 2.53. The van der Waals surface area contributed by atoms with Gasteiger partial charge in [0, 0.05) is 13.0 Å². The number of ketones is 1. The summed E-state index contributed by atoms with van der Waals surface area (Å²) in [5.41, 5.74) is 1.13. The van der Waals surface area contributed by atoms with Crippen LogP contribution >= 0.6 is 0 Å². The van der Waals surface area contributed by atoms with Crippen molar-refractivity contribution >= 4 is 5.78 Å². The molecule has 23 heavy (non-hydrogen) atoms. The zero-order valence-corrected chi connectivity index (χ0v) is 14.4. The molecule has 0 aromatic heterocycles. The van der Waals surface area contributed by atoms with E-state index in [1.165, 1.54) is 0 Å². The maximum absolute atomic E-state index is 11.0. The first-order valence-electron chi connectivity index (χ1n) is 8.14. The molecule has 1 aromatic carbocycles. The zero-order chi connectivity index (χ0) is 16.9. The normalized spacial score (nSPS) is 12.1. The quantitative estimate of drug-likeness (QED) is 0.412. The van der Waals surface area contributed by atoms with Crippen LogP contribution in [0.3, 0.4) is 0 Å². The molecule has 0 fully saturated rings. The number of carbonyl (C=O) groups excluding carboxylic acids is 1. The fourth-order valence-corrected chi connectivity index (χ4v) is 1.92. The third-order valence-corrected chi connectivity index (χ3v) is 3.15. The van der Waals surface area contributed by atoms with E-state index in [9.17, 15) is 4.79 Å². The van der Waals surface area contributed by atoms with Crippen molar-refractivity contribution in [2.24, 2.45) is 0 Å². The smallest absolute Gasteiger partial charge is 0.197 e. The van der Waals surface area contributed by atoms with Gasteiger partial charge in [-0.15, -0.1) is 0 Å². The van der Waals surface area contributed by atoms with Crippen molar-refractivity contribution in [3.05, 3.63) is 29.8 Å². The Hall–Kier alpha value is -1.43. The number of hydrogen-bond acceptors (Lipinski definition) is 5. The van der Waals surface area contributed by atoms with Gasteiger partial charge in [0.25, 0.3) is 0 Å². The highest BCUT2D eigenvalue weighted by atomic mass is 16.7. The molecular formula is C18H28O5. The van der Waals surface area contributed by atoms with E-state index in [4.69, 9.17) is 18.9 Å². The Morgan fingerprint density at radius 2 is 1.70 bits per heavy atom. The van der Waals surface area contributed by atoms with Crippen LogP contribution in [0.1, 0.15) is 32.8 Å². The average molecular weight is 324 g/mol. The number of Topliss-reactive ketones (excluding diaryl/α,β-unsaturated/α-hetero) is 1.